The highest BCUT2D eigenvalue weighted by Gasteiger charge is 2.15. The minimum absolute atomic E-state index is 0.0734. The van der Waals surface area contributed by atoms with E-state index in [1.165, 1.54) is 16.9 Å². The lowest BCUT2D eigenvalue weighted by atomic mass is 10.2. The van der Waals surface area contributed by atoms with E-state index in [0.29, 0.717) is 0 Å². The zero-order valence-corrected chi connectivity index (χ0v) is 10.1. The molecular formula is C10H12N6O3. The van der Waals surface area contributed by atoms with E-state index >= 15 is 0 Å². The van der Waals surface area contributed by atoms with Crippen molar-refractivity contribution >= 4 is 11.7 Å². The third-order valence-electron chi connectivity index (χ3n) is 2.52. The third kappa shape index (κ3) is 3.15. The molecule has 1 amide bonds. The fraction of sp³-hybridized carbons (Fsp3) is 0.300. The molecule has 100 valence electrons. The van der Waals surface area contributed by atoms with Gasteiger partial charge in [0.05, 0.1) is 29.6 Å². The lowest BCUT2D eigenvalue weighted by Gasteiger charge is -2.10. The molecule has 9 nitrogen and oxygen atoms in total. The Morgan fingerprint density at radius 2 is 2.47 bits per heavy atom. The number of aromatic nitrogens is 4. The van der Waals surface area contributed by atoms with Crippen molar-refractivity contribution in [3.8, 4) is 0 Å². The summed E-state index contributed by atoms with van der Waals surface area (Å²) in [5.74, 6) is -0.567. The quantitative estimate of drug-likeness (QED) is 0.598. The maximum atomic E-state index is 11.7. The maximum Gasteiger partial charge on any atom is 0.389 e. The van der Waals surface area contributed by atoms with E-state index in [1.54, 1.807) is 12.4 Å². The van der Waals surface area contributed by atoms with Crippen LogP contribution in [0.2, 0.25) is 0 Å². The number of aromatic amines is 1. The molecule has 2 heterocycles. The first-order chi connectivity index (χ1) is 9.06. The summed E-state index contributed by atoms with van der Waals surface area (Å²) in [6, 6.07) is 1.05. The molecule has 0 saturated carbocycles. The molecule has 2 aromatic rings. The molecule has 2 N–H and O–H groups in total. The van der Waals surface area contributed by atoms with Gasteiger partial charge in [0.15, 0.2) is 0 Å². The summed E-state index contributed by atoms with van der Waals surface area (Å²) >= 11 is 0. The highest BCUT2D eigenvalue weighted by molar-refractivity contribution is 5.76. The molecular weight excluding hydrogens is 252 g/mol. The summed E-state index contributed by atoms with van der Waals surface area (Å²) in [6.45, 7) is 1.74. The molecule has 1 atom stereocenters. The Balaban J connectivity index is 1.92. The van der Waals surface area contributed by atoms with Crippen molar-refractivity contribution in [3.05, 3.63) is 40.3 Å². The lowest BCUT2D eigenvalue weighted by Crippen LogP contribution is -2.30. The van der Waals surface area contributed by atoms with Gasteiger partial charge in [-0.2, -0.15) is 9.78 Å². The molecule has 0 fully saturated rings. The number of nitro groups is 1. The molecule has 0 aliphatic carbocycles. The minimum atomic E-state index is -0.609. The van der Waals surface area contributed by atoms with Crippen LogP contribution in [0.25, 0.3) is 0 Å². The van der Waals surface area contributed by atoms with E-state index in [1.807, 2.05) is 6.92 Å². The average molecular weight is 264 g/mol. The Hall–Kier alpha value is -2.71. The Labute approximate surface area is 107 Å². The molecule has 0 bridgehead atoms. The Morgan fingerprint density at radius 1 is 1.68 bits per heavy atom. The molecule has 0 radical (unpaired) electrons. The van der Waals surface area contributed by atoms with Crippen molar-refractivity contribution in [1.82, 2.24) is 25.3 Å². The first-order valence-electron chi connectivity index (χ1n) is 5.52. The first kappa shape index (κ1) is 12.7. The lowest BCUT2D eigenvalue weighted by molar-refractivity contribution is -0.389. The number of carbonyl (C=O) groups excluding carboxylic acids is 1. The van der Waals surface area contributed by atoms with Crippen LogP contribution in [0.1, 0.15) is 18.5 Å². The zero-order chi connectivity index (χ0) is 13.8. The van der Waals surface area contributed by atoms with E-state index in [0.717, 1.165) is 5.56 Å². The summed E-state index contributed by atoms with van der Waals surface area (Å²) in [4.78, 5) is 21.6. The predicted molar refractivity (Wildman–Crippen MR) is 64.0 cm³/mol. The summed E-state index contributed by atoms with van der Waals surface area (Å²) in [5.41, 5.74) is 0.847. The van der Waals surface area contributed by atoms with Crippen molar-refractivity contribution < 1.29 is 9.72 Å². The van der Waals surface area contributed by atoms with E-state index in [-0.39, 0.29) is 24.3 Å². The summed E-state index contributed by atoms with van der Waals surface area (Å²) in [5, 5.41) is 23.3. The average Bonchev–Trinajstić information content (AvgIpc) is 2.98. The van der Waals surface area contributed by atoms with Crippen LogP contribution in [0.15, 0.2) is 24.7 Å². The second-order valence-electron chi connectivity index (χ2n) is 3.95. The van der Waals surface area contributed by atoms with E-state index in [4.69, 9.17) is 0 Å². The fourth-order valence-corrected chi connectivity index (χ4v) is 1.55. The van der Waals surface area contributed by atoms with Gasteiger partial charge >= 0.3 is 5.82 Å². The topological polar surface area (TPSA) is 119 Å². The van der Waals surface area contributed by atoms with Crippen LogP contribution in [-0.2, 0) is 11.3 Å². The zero-order valence-electron chi connectivity index (χ0n) is 10.1. The maximum absolute atomic E-state index is 11.7. The summed E-state index contributed by atoms with van der Waals surface area (Å²) in [7, 11) is 0. The standard InChI is InChI=1S/C10H12N6O3/c1-7(8-4-11-12-5-8)13-10(17)6-15-3-2-9(14-15)16(18)19/h2-5,7H,6H2,1H3,(H,11,12)(H,13,17). The van der Waals surface area contributed by atoms with Crippen LogP contribution in [0.3, 0.4) is 0 Å². The number of rotatable bonds is 5. The van der Waals surface area contributed by atoms with Gasteiger partial charge in [-0.25, -0.2) is 0 Å². The largest absolute Gasteiger partial charge is 0.389 e. The van der Waals surface area contributed by atoms with Gasteiger partial charge in [0, 0.05) is 11.8 Å². The molecule has 0 aliphatic rings. The molecule has 1 unspecified atom stereocenters. The van der Waals surface area contributed by atoms with Gasteiger partial charge < -0.3 is 15.4 Å². The van der Waals surface area contributed by atoms with Gasteiger partial charge in [-0.15, -0.1) is 0 Å². The van der Waals surface area contributed by atoms with Crippen LogP contribution in [0, 0.1) is 10.1 Å². The molecule has 0 aliphatic heterocycles. The molecule has 2 rings (SSSR count). The van der Waals surface area contributed by atoms with E-state index < -0.39 is 4.92 Å². The van der Waals surface area contributed by atoms with Crippen molar-refractivity contribution in [1.29, 1.82) is 0 Å². The second-order valence-corrected chi connectivity index (χ2v) is 3.95. The Morgan fingerprint density at radius 3 is 3.05 bits per heavy atom. The van der Waals surface area contributed by atoms with Crippen molar-refractivity contribution in [3.63, 3.8) is 0 Å². The monoisotopic (exact) mass is 264 g/mol. The molecule has 0 aromatic carbocycles. The second kappa shape index (κ2) is 5.29. The van der Waals surface area contributed by atoms with Gasteiger partial charge in [-0.1, -0.05) is 0 Å². The van der Waals surface area contributed by atoms with E-state index in [2.05, 4.69) is 20.6 Å². The Kier molecular flexibility index (Phi) is 3.55. The molecule has 0 spiro atoms. The number of amides is 1. The number of hydrogen-bond acceptors (Lipinski definition) is 5. The summed E-state index contributed by atoms with van der Waals surface area (Å²) in [6.07, 6.45) is 4.69. The van der Waals surface area contributed by atoms with Gasteiger partial charge in [0.2, 0.25) is 5.91 Å². The third-order valence-corrected chi connectivity index (χ3v) is 2.52. The smallest absolute Gasteiger partial charge is 0.358 e. The van der Waals surface area contributed by atoms with Gasteiger partial charge in [-0.05, 0) is 11.8 Å². The van der Waals surface area contributed by atoms with Crippen LogP contribution < -0.4 is 5.32 Å². The number of carbonyl (C=O) groups is 1. The first-order valence-corrected chi connectivity index (χ1v) is 5.52. The van der Waals surface area contributed by atoms with Gasteiger partial charge in [-0.3, -0.25) is 9.89 Å². The fourth-order valence-electron chi connectivity index (χ4n) is 1.55. The van der Waals surface area contributed by atoms with Crippen LogP contribution in [0.5, 0.6) is 0 Å². The molecule has 0 saturated heterocycles. The SMILES string of the molecule is CC(NC(=O)Cn1ccc([N+](=O)[O-])n1)c1cn[nH]c1. The van der Waals surface area contributed by atoms with Crippen LogP contribution >= 0.6 is 0 Å². The minimum Gasteiger partial charge on any atom is -0.358 e. The number of nitrogens with one attached hydrogen (secondary N) is 2. The number of nitrogens with zero attached hydrogens (tertiary/aromatic N) is 4. The molecule has 19 heavy (non-hydrogen) atoms. The van der Waals surface area contributed by atoms with Gasteiger partial charge in [0.1, 0.15) is 6.54 Å². The van der Waals surface area contributed by atoms with E-state index in [9.17, 15) is 14.9 Å². The number of hydrogen-bond donors (Lipinski definition) is 2. The van der Waals surface area contributed by atoms with Crippen molar-refractivity contribution in [2.45, 2.75) is 19.5 Å². The highest BCUT2D eigenvalue weighted by Crippen LogP contribution is 2.09. The Bertz CT molecular complexity index is 576. The predicted octanol–water partition coefficient (Wildman–Crippen LogP) is 0.392. The molecule has 2 aromatic heterocycles. The summed E-state index contributed by atoms with van der Waals surface area (Å²) < 4.78 is 1.22. The van der Waals surface area contributed by atoms with Crippen LogP contribution in [0.4, 0.5) is 5.82 Å². The number of H-pyrrole nitrogens is 1. The molecule has 9 heteroatoms. The van der Waals surface area contributed by atoms with Crippen LogP contribution in [-0.4, -0.2) is 30.8 Å². The van der Waals surface area contributed by atoms with Crippen molar-refractivity contribution in [2.75, 3.05) is 0 Å². The normalized spacial score (nSPS) is 12.1. The van der Waals surface area contributed by atoms with Gasteiger partial charge in [0.25, 0.3) is 0 Å². The highest BCUT2D eigenvalue weighted by atomic mass is 16.6. The van der Waals surface area contributed by atoms with Crippen molar-refractivity contribution in [2.24, 2.45) is 0 Å².